The van der Waals surface area contributed by atoms with Gasteiger partial charge < -0.3 is 9.88 Å². The maximum absolute atomic E-state index is 12.8. The Bertz CT molecular complexity index is 733. The Labute approximate surface area is 150 Å². The summed E-state index contributed by atoms with van der Waals surface area (Å²) in [4.78, 5) is 12.8. The van der Waals surface area contributed by atoms with E-state index in [0.29, 0.717) is 16.5 Å². The molecule has 0 radical (unpaired) electrons. The number of hydrogen-bond donors (Lipinski definition) is 1. The third-order valence-electron chi connectivity index (χ3n) is 5.19. The van der Waals surface area contributed by atoms with Crippen LogP contribution in [-0.4, -0.2) is 24.9 Å². The number of nitrogens with one attached hydrogen (secondary N) is 1. The van der Waals surface area contributed by atoms with Crippen LogP contribution in [0.3, 0.4) is 0 Å². The van der Waals surface area contributed by atoms with Crippen LogP contribution in [0.5, 0.6) is 0 Å². The SMILES string of the molecule is Bc1cc(Cl)c2c(C(=O)NCC3CCCCCC3)cn(CC)c2c1. The lowest BCUT2D eigenvalue weighted by atomic mass is 9.94. The number of aromatic nitrogens is 1. The molecule has 1 fully saturated rings. The van der Waals surface area contributed by atoms with E-state index >= 15 is 0 Å². The first-order valence-electron chi connectivity index (χ1n) is 9.17. The van der Waals surface area contributed by atoms with Crippen molar-refractivity contribution in [2.45, 2.75) is 52.0 Å². The van der Waals surface area contributed by atoms with Gasteiger partial charge in [-0.25, -0.2) is 0 Å². The van der Waals surface area contributed by atoms with Crippen molar-refractivity contribution >= 4 is 41.7 Å². The standard InChI is InChI=1S/C19H26BClN2O/c1-2-23-12-15(18-16(21)9-14(20)10-17(18)23)19(24)22-11-13-7-5-3-4-6-8-13/h9-10,12-13H,2-8,11,20H2,1H3,(H,22,24). The summed E-state index contributed by atoms with van der Waals surface area (Å²) in [7, 11) is 2.03. The highest BCUT2D eigenvalue weighted by Gasteiger charge is 2.19. The van der Waals surface area contributed by atoms with Crippen LogP contribution in [-0.2, 0) is 6.54 Å². The van der Waals surface area contributed by atoms with Crippen molar-refractivity contribution in [1.29, 1.82) is 0 Å². The van der Waals surface area contributed by atoms with E-state index in [4.69, 9.17) is 11.6 Å². The van der Waals surface area contributed by atoms with Crippen molar-refractivity contribution in [3.8, 4) is 0 Å². The van der Waals surface area contributed by atoms with Crippen LogP contribution in [0, 0.1) is 5.92 Å². The van der Waals surface area contributed by atoms with Crippen molar-refractivity contribution in [2.24, 2.45) is 5.92 Å². The molecular formula is C19H26BClN2O. The zero-order chi connectivity index (χ0) is 17.1. The minimum atomic E-state index is 0.00204. The molecule has 1 aliphatic rings. The molecule has 1 saturated carbocycles. The number of halogens is 1. The van der Waals surface area contributed by atoms with Crippen LogP contribution in [0.15, 0.2) is 18.3 Å². The van der Waals surface area contributed by atoms with Crippen LogP contribution in [0.25, 0.3) is 10.9 Å². The zero-order valence-corrected chi connectivity index (χ0v) is 15.5. The van der Waals surface area contributed by atoms with E-state index in [-0.39, 0.29) is 5.91 Å². The molecule has 3 rings (SSSR count). The van der Waals surface area contributed by atoms with E-state index in [9.17, 15) is 4.79 Å². The fraction of sp³-hybridized carbons (Fsp3) is 0.526. The Morgan fingerprint density at radius 1 is 1.29 bits per heavy atom. The molecule has 0 bridgehead atoms. The molecule has 0 aliphatic heterocycles. The Kier molecular flexibility index (Phi) is 5.55. The van der Waals surface area contributed by atoms with Gasteiger partial charge in [0.05, 0.1) is 10.6 Å². The molecule has 2 aromatic rings. The lowest BCUT2D eigenvalue weighted by molar-refractivity contribution is 0.0947. The van der Waals surface area contributed by atoms with Crippen molar-refractivity contribution in [3.63, 3.8) is 0 Å². The minimum absolute atomic E-state index is 0.00204. The van der Waals surface area contributed by atoms with E-state index < -0.39 is 0 Å². The summed E-state index contributed by atoms with van der Waals surface area (Å²) in [5, 5.41) is 4.70. The Morgan fingerprint density at radius 2 is 2.00 bits per heavy atom. The summed E-state index contributed by atoms with van der Waals surface area (Å²) < 4.78 is 2.11. The van der Waals surface area contributed by atoms with Crippen molar-refractivity contribution < 1.29 is 4.79 Å². The van der Waals surface area contributed by atoms with E-state index in [1.54, 1.807) is 0 Å². The quantitative estimate of drug-likeness (QED) is 0.670. The predicted molar refractivity (Wildman–Crippen MR) is 104 cm³/mol. The molecule has 0 unspecified atom stereocenters. The molecule has 3 nitrogen and oxygen atoms in total. The lowest BCUT2D eigenvalue weighted by Crippen LogP contribution is -2.29. The molecule has 1 aromatic heterocycles. The van der Waals surface area contributed by atoms with Gasteiger partial charge in [0.15, 0.2) is 0 Å². The number of hydrogen-bond acceptors (Lipinski definition) is 1. The van der Waals surface area contributed by atoms with E-state index in [0.717, 1.165) is 29.5 Å². The van der Waals surface area contributed by atoms with Gasteiger partial charge in [0.1, 0.15) is 7.85 Å². The summed E-state index contributed by atoms with van der Waals surface area (Å²) in [6.07, 6.45) is 9.67. The summed E-state index contributed by atoms with van der Waals surface area (Å²) in [6.45, 7) is 3.69. The number of aryl methyl sites for hydroxylation is 1. The number of carbonyl (C=O) groups excluding carboxylic acids is 1. The van der Waals surface area contributed by atoms with Crippen LogP contribution in [0.4, 0.5) is 0 Å². The van der Waals surface area contributed by atoms with Gasteiger partial charge in [-0.3, -0.25) is 4.79 Å². The predicted octanol–water partition coefficient (Wildman–Crippen LogP) is 3.27. The topological polar surface area (TPSA) is 34.0 Å². The summed E-state index contributed by atoms with van der Waals surface area (Å²) >= 11 is 6.46. The first-order valence-corrected chi connectivity index (χ1v) is 9.55. The minimum Gasteiger partial charge on any atom is -0.352 e. The Balaban J connectivity index is 1.81. The van der Waals surface area contributed by atoms with Gasteiger partial charge in [-0.05, 0) is 37.8 Å². The molecule has 128 valence electrons. The number of carbonyl (C=O) groups is 1. The van der Waals surface area contributed by atoms with Gasteiger partial charge in [0.2, 0.25) is 0 Å². The number of amides is 1. The van der Waals surface area contributed by atoms with Crippen LogP contribution < -0.4 is 10.8 Å². The number of rotatable bonds is 4. The van der Waals surface area contributed by atoms with E-state index in [1.165, 1.54) is 38.5 Å². The molecule has 1 aliphatic carbocycles. The second-order valence-corrected chi connectivity index (χ2v) is 7.44. The number of benzene rings is 1. The lowest BCUT2D eigenvalue weighted by Gasteiger charge is -2.14. The van der Waals surface area contributed by atoms with Gasteiger partial charge in [0, 0.05) is 30.2 Å². The fourth-order valence-corrected chi connectivity index (χ4v) is 4.21. The van der Waals surface area contributed by atoms with Crippen molar-refractivity contribution in [2.75, 3.05) is 6.54 Å². The third kappa shape index (κ3) is 3.64. The number of nitrogens with zero attached hydrogens (tertiary/aromatic N) is 1. The van der Waals surface area contributed by atoms with E-state index in [1.807, 2.05) is 20.1 Å². The molecule has 1 N–H and O–H groups in total. The molecule has 1 heterocycles. The molecule has 5 heteroatoms. The molecule has 1 aromatic carbocycles. The molecule has 0 spiro atoms. The van der Waals surface area contributed by atoms with Gasteiger partial charge in [-0.1, -0.05) is 42.7 Å². The summed E-state index contributed by atoms with van der Waals surface area (Å²) in [6, 6.07) is 4.04. The molecule has 1 amide bonds. The van der Waals surface area contributed by atoms with Gasteiger partial charge in [-0.2, -0.15) is 0 Å². The molecule has 0 saturated heterocycles. The second-order valence-electron chi connectivity index (χ2n) is 7.04. The molecule has 24 heavy (non-hydrogen) atoms. The van der Waals surface area contributed by atoms with Gasteiger partial charge >= 0.3 is 0 Å². The highest BCUT2D eigenvalue weighted by Crippen LogP contribution is 2.28. The zero-order valence-electron chi connectivity index (χ0n) is 14.7. The third-order valence-corrected chi connectivity index (χ3v) is 5.49. The van der Waals surface area contributed by atoms with Gasteiger partial charge in [0.25, 0.3) is 5.91 Å². The Morgan fingerprint density at radius 3 is 2.67 bits per heavy atom. The van der Waals surface area contributed by atoms with Crippen molar-refractivity contribution in [1.82, 2.24) is 9.88 Å². The van der Waals surface area contributed by atoms with Gasteiger partial charge in [-0.15, -0.1) is 0 Å². The maximum Gasteiger partial charge on any atom is 0.253 e. The fourth-order valence-electron chi connectivity index (χ4n) is 3.84. The van der Waals surface area contributed by atoms with Crippen molar-refractivity contribution in [3.05, 3.63) is 28.9 Å². The summed E-state index contributed by atoms with van der Waals surface area (Å²) in [5.74, 6) is 0.621. The van der Waals surface area contributed by atoms with Crippen LogP contribution >= 0.6 is 11.6 Å². The molecular weight excluding hydrogens is 318 g/mol. The van der Waals surface area contributed by atoms with E-state index in [2.05, 4.69) is 22.9 Å². The second kappa shape index (κ2) is 7.65. The average Bonchev–Trinajstić information content (AvgIpc) is 2.74. The van der Waals surface area contributed by atoms with Crippen LogP contribution in [0.2, 0.25) is 5.02 Å². The first-order chi connectivity index (χ1) is 11.6. The normalized spacial score (nSPS) is 16.2. The largest absolute Gasteiger partial charge is 0.352 e. The smallest absolute Gasteiger partial charge is 0.253 e. The average molecular weight is 345 g/mol. The highest BCUT2D eigenvalue weighted by atomic mass is 35.5. The molecule has 0 atom stereocenters. The monoisotopic (exact) mass is 344 g/mol. The highest BCUT2D eigenvalue weighted by molar-refractivity contribution is 6.41. The first kappa shape index (κ1) is 17.4. The Hall–Kier alpha value is -1.42. The number of fused-ring (bicyclic) bond motifs is 1. The summed E-state index contributed by atoms with van der Waals surface area (Å²) in [5.41, 5.74) is 2.86. The maximum atomic E-state index is 12.8. The van der Waals surface area contributed by atoms with Crippen LogP contribution in [0.1, 0.15) is 55.8 Å².